The van der Waals surface area contributed by atoms with Gasteiger partial charge in [0, 0.05) is 11.1 Å². The van der Waals surface area contributed by atoms with Crippen LogP contribution < -0.4 is 10.1 Å². The van der Waals surface area contributed by atoms with Crippen LogP contribution in [0, 0.1) is 0 Å². The van der Waals surface area contributed by atoms with Gasteiger partial charge in [0.15, 0.2) is 12.4 Å². The van der Waals surface area contributed by atoms with E-state index in [0.717, 1.165) is 0 Å². The van der Waals surface area contributed by atoms with E-state index in [1.807, 2.05) is 27.7 Å². The fourth-order valence-electron chi connectivity index (χ4n) is 1.84. The number of ether oxygens (including phenoxy) is 1. The number of benzene rings is 1. The van der Waals surface area contributed by atoms with E-state index in [0.29, 0.717) is 17.4 Å². The van der Waals surface area contributed by atoms with Crippen molar-refractivity contribution in [3.63, 3.8) is 0 Å². The minimum absolute atomic E-state index is 0.151. The van der Waals surface area contributed by atoms with Crippen molar-refractivity contribution in [2.24, 2.45) is 0 Å². The number of anilines is 1. The Bertz CT molecular complexity index is 660. The average molecular weight is 343 g/mol. The summed E-state index contributed by atoms with van der Waals surface area (Å²) in [5.41, 5.74) is 0.497. The van der Waals surface area contributed by atoms with Gasteiger partial charge in [0.05, 0.1) is 0 Å². The number of rotatable bonds is 5. The molecular formula is C16H20F3N3O2. The zero-order valence-corrected chi connectivity index (χ0v) is 13.9. The van der Waals surface area contributed by atoms with Crippen LogP contribution in [0.3, 0.4) is 0 Å². The number of nitrogens with zero attached hydrogens (tertiary/aromatic N) is 2. The molecule has 1 aromatic carbocycles. The van der Waals surface area contributed by atoms with Crippen molar-refractivity contribution in [2.45, 2.75) is 45.3 Å². The predicted molar refractivity (Wildman–Crippen MR) is 83.0 cm³/mol. The summed E-state index contributed by atoms with van der Waals surface area (Å²) in [6.45, 7) is 6.50. The van der Waals surface area contributed by atoms with E-state index in [4.69, 9.17) is 4.52 Å². The van der Waals surface area contributed by atoms with E-state index < -0.39 is 12.8 Å². The van der Waals surface area contributed by atoms with Crippen molar-refractivity contribution in [3.05, 3.63) is 36.0 Å². The van der Waals surface area contributed by atoms with Gasteiger partial charge in [0.2, 0.25) is 5.89 Å². The third kappa shape index (κ3) is 5.14. The van der Waals surface area contributed by atoms with Gasteiger partial charge in [-0.3, -0.25) is 0 Å². The molecule has 0 amide bonds. The molecular weight excluding hydrogens is 323 g/mol. The monoisotopic (exact) mass is 343 g/mol. The third-order valence-corrected chi connectivity index (χ3v) is 3.12. The van der Waals surface area contributed by atoms with Crippen molar-refractivity contribution in [2.75, 3.05) is 11.9 Å². The molecule has 0 aliphatic rings. The standard InChI is InChI=1S/C16H20F3N3O2/c1-10(13-21-14(22-24-13)15(2,3)4)20-11-5-7-12(8-6-11)23-9-16(17,18)19/h5-8,10,20H,9H2,1-4H3. The minimum Gasteiger partial charge on any atom is -0.484 e. The van der Waals surface area contributed by atoms with Gasteiger partial charge >= 0.3 is 6.18 Å². The average Bonchev–Trinajstić information content (AvgIpc) is 2.95. The lowest BCUT2D eigenvalue weighted by Gasteiger charge is -2.13. The number of halogens is 3. The van der Waals surface area contributed by atoms with E-state index >= 15 is 0 Å². The Labute approximate surface area is 138 Å². The second kappa shape index (κ2) is 6.70. The molecule has 1 unspecified atom stereocenters. The van der Waals surface area contributed by atoms with Gasteiger partial charge in [-0.15, -0.1) is 0 Å². The molecule has 1 atom stereocenters. The Kier molecular flexibility index (Phi) is 5.05. The topological polar surface area (TPSA) is 60.2 Å². The normalized spacial score (nSPS) is 13.6. The van der Waals surface area contributed by atoms with Crippen LogP contribution in [0.5, 0.6) is 5.75 Å². The summed E-state index contributed by atoms with van der Waals surface area (Å²) in [7, 11) is 0. The van der Waals surface area contributed by atoms with E-state index in [1.165, 1.54) is 12.1 Å². The van der Waals surface area contributed by atoms with Crippen LogP contribution >= 0.6 is 0 Å². The van der Waals surface area contributed by atoms with Crippen molar-refractivity contribution in [3.8, 4) is 5.75 Å². The van der Waals surface area contributed by atoms with Gasteiger partial charge < -0.3 is 14.6 Å². The highest BCUT2D eigenvalue weighted by molar-refractivity contribution is 5.47. The second-order valence-electron chi connectivity index (χ2n) is 6.50. The molecule has 0 aliphatic carbocycles. The first-order valence-corrected chi connectivity index (χ1v) is 7.45. The van der Waals surface area contributed by atoms with Crippen LogP contribution in [-0.4, -0.2) is 22.9 Å². The molecule has 0 saturated heterocycles. The molecule has 132 valence electrons. The first-order chi connectivity index (χ1) is 11.0. The SMILES string of the molecule is CC(Nc1ccc(OCC(F)(F)F)cc1)c1nc(C(C)(C)C)no1. The van der Waals surface area contributed by atoms with Crippen molar-refractivity contribution in [1.29, 1.82) is 0 Å². The van der Waals surface area contributed by atoms with Gasteiger partial charge in [-0.1, -0.05) is 25.9 Å². The summed E-state index contributed by atoms with van der Waals surface area (Å²) >= 11 is 0. The predicted octanol–water partition coefficient (Wildman–Crippen LogP) is 4.48. The fourth-order valence-corrected chi connectivity index (χ4v) is 1.84. The summed E-state index contributed by atoms with van der Waals surface area (Å²) in [6, 6.07) is 5.95. The molecule has 5 nitrogen and oxygen atoms in total. The Balaban J connectivity index is 1.97. The number of hydrogen-bond donors (Lipinski definition) is 1. The number of alkyl halides is 3. The van der Waals surface area contributed by atoms with Gasteiger partial charge in [0.1, 0.15) is 11.8 Å². The van der Waals surface area contributed by atoms with Crippen LogP contribution in [-0.2, 0) is 5.41 Å². The molecule has 0 spiro atoms. The maximum Gasteiger partial charge on any atom is 0.422 e. The highest BCUT2D eigenvalue weighted by Gasteiger charge is 2.28. The molecule has 0 saturated carbocycles. The zero-order chi connectivity index (χ0) is 18.0. The van der Waals surface area contributed by atoms with Crippen LogP contribution in [0.1, 0.15) is 45.5 Å². The molecule has 1 heterocycles. The molecule has 1 aromatic heterocycles. The molecule has 0 fully saturated rings. The maximum absolute atomic E-state index is 12.1. The summed E-state index contributed by atoms with van der Waals surface area (Å²) in [6.07, 6.45) is -4.35. The molecule has 24 heavy (non-hydrogen) atoms. The highest BCUT2D eigenvalue weighted by atomic mass is 19.4. The Morgan fingerprint density at radius 3 is 2.29 bits per heavy atom. The van der Waals surface area contributed by atoms with E-state index in [9.17, 15) is 13.2 Å². The zero-order valence-electron chi connectivity index (χ0n) is 13.9. The summed E-state index contributed by atoms with van der Waals surface area (Å²) < 4.78 is 46.2. The Morgan fingerprint density at radius 2 is 1.79 bits per heavy atom. The van der Waals surface area contributed by atoms with Gasteiger partial charge in [-0.2, -0.15) is 18.2 Å². The molecule has 0 aliphatic heterocycles. The molecule has 1 N–H and O–H groups in total. The van der Waals surface area contributed by atoms with E-state index in [-0.39, 0.29) is 17.2 Å². The van der Waals surface area contributed by atoms with Crippen LogP contribution in [0.15, 0.2) is 28.8 Å². The van der Waals surface area contributed by atoms with Gasteiger partial charge in [-0.05, 0) is 31.2 Å². The quantitative estimate of drug-likeness (QED) is 0.867. The molecule has 2 aromatic rings. The van der Waals surface area contributed by atoms with Gasteiger partial charge in [-0.25, -0.2) is 0 Å². The summed E-state index contributed by atoms with van der Waals surface area (Å²) in [5, 5.41) is 7.11. The number of nitrogens with one attached hydrogen (secondary N) is 1. The third-order valence-electron chi connectivity index (χ3n) is 3.12. The second-order valence-corrected chi connectivity index (χ2v) is 6.50. The van der Waals surface area contributed by atoms with Crippen molar-refractivity contribution >= 4 is 5.69 Å². The fraction of sp³-hybridized carbons (Fsp3) is 0.500. The maximum atomic E-state index is 12.1. The van der Waals surface area contributed by atoms with Crippen molar-refractivity contribution in [1.82, 2.24) is 10.1 Å². The number of hydrogen-bond acceptors (Lipinski definition) is 5. The highest BCUT2D eigenvalue weighted by Crippen LogP contribution is 2.24. The molecule has 0 bridgehead atoms. The molecule has 8 heteroatoms. The molecule has 0 radical (unpaired) electrons. The first-order valence-electron chi connectivity index (χ1n) is 7.45. The minimum atomic E-state index is -4.35. The lowest BCUT2D eigenvalue weighted by atomic mass is 9.96. The smallest absolute Gasteiger partial charge is 0.422 e. The lowest BCUT2D eigenvalue weighted by molar-refractivity contribution is -0.153. The summed E-state index contributed by atoms with van der Waals surface area (Å²) in [5.74, 6) is 1.21. The van der Waals surface area contributed by atoms with E-state index in [1.54, 1.807) is 12.1 Å². The van der Waals surface area contributed by atoms with E-state index in [2.05, 4.69) is 20.2 Å². The largest absolute Gasteiger partial charge is 0.484 e. The Morgan fingerprint density at radius 1 is 1.17 bits per heavy atom. The van der Waals surface area contributed by atoms with Crippen LogP contribution in [0.4, 0.5) is 18.9 Å². The van der Waals surface area contributed by atoms with Crippen molar-refractivity contribution < 1.29 is 22.4 Å². The Hall–Kier alpha value is -2.25. The van der Waals surface area contributed by atoms with Crippen LogP contribution in [0.25, 0.3) is 0 Å². The number of aromatic nitrogens is 2. The first kappa shape index (κ1) is 18.1. The lowest BCUT2D eigenvalue weighted by Crippen LogP contribution is -2.19. The van der Waals surface area contributed by atoms with Crippen LogP contribution in [0.2, 0.25) is 0 Å². The summed E-state index contributed by atoms with van der Waals surface area (Å²) in [4.78, 5) is 4.36. The van der Waals surface area contributed by atoms with Gasteiger partial charge in [0.25, 0.3) is 0 Å². The molecule has 2 rings (SSSR count).